The second kappa shape index (κ2) is 10.5. The van der Waals surface area contributed by atoms with Crippen LogP contribution in [0.4, 0.5) is 16.2 Å². The lowest BCUT2D eigenvalue weighted by Crippen LogP contribution is -2.40. The summed E-state index contributed by atoms with van der Waals surface area (Å²) < 4.78 is 15.5. The molecule has 0 saturated heterocycles. The molecule has 3 rings (SSSR count). The van der Waals surface area contributed by atoms with Crippen molar-refractivity contribution in [2.24, 2.45) is 0 Å². The van der Waals surface area contributed by atoms with Gasteiger partial charge in [-0.2, -0.15) is 4.98 Å². The molecule has 34 heavy (non-hydrogen) atoms. The van der Waals surface area contributed by atoms with E-state index in [1.54, 1.807) is 48.5 Å². The van der Waals surface area contributed by atoms with E-state index >= 15 is 0 Å². The number of carbonyl (C=O) groups is 3. The van der Waals surface area contributed by atoms with Crippen molar-refractivity contribution in [3.05, 3.63) is 60.3 Å². The van der Waals surface area contributed by atoms with Crippen LogP contribution in [0.2, 0.25) is 0 Å². The summed E-state index contributed by atoms with van der Waals surface area (Å²) in [5.41, 5.74) is 1.68. The topological polar surface area (TPSA) is 132 Å². The van der Waals surface area contributed by atoms with Crippen LogP contribution in [0, 0.1) is 0 Å². The van der Waals surface area contributed by atoms with Crippen LogP contribution in [0.3, 0.4) is 0 Å². The van der Waals surface area contributed by atoms with Gasteiger partial charge in [0.05, 0.1) is 13.3 Å². The summed E-state index contributed by atoms with van der Waals surface area (Å²) in [7, 11) is 1.44. The molecule has 10 nitrogen and oxygen atoms in total. The van der Waals surface area contributed by atoms with Gasteiger partial charge < -0.3 is 29.8 Å². The molecular weight excluding hydrogens is 440 g/mol. The fraction of sp³-hybridized carbons (Fsp3) is 0.250. The first-order valence-corrected chi connectivity index (χ1v) is 10.4. The summed E-state index contributed by atoms with van der Waals surface area (Å²) in [5, 5.41) is 7.77. The van der Waals surface area contributed by atoms with E-state index in [1.165, 1.54) is 13.3 Å². The van der Waals surface area contributed by atoms with E-state index in [2.05, 4.69) is 20.9 Å². The van der Waals surface area contributed by atoms with E-state index < -0.39 is 23.4 Å². The number of hydrogen-bond acceptors (Lipinski definition) is 7. The van der Waals surface area contributed by atoms with Crippen LogP contribution in [0.15, 0.2) is 59.1 Å². The Morgan fingerprint density at radius 1 is 0.971 bits per heavy atom. The highest BCUT2D eigenvalue weighted by Crippen LogP contribution is 2.25. The van der Waals surface area contributed by atoms with Gasteiger partial charge in [-0.3, -0.25) is 9.59 Å². The lowest BCUT2D eigenvalue weighted by atomic mass is 10.1. The molecule has 2 aromatic carbocycles. The molecule has 0 fully saturated rings. The molecule has 0 radical (unpaired) electrons. The third kappa shape index (κ3) is 7.09. The monoisotopic (exact) mass is 466 g/mol. The number of hydrogen-bond donors (Lipinski definition) is 3. The molecule has 3 amide bonds. The van der Waals surface area contributed by atoms with E-state index in [0.717, 1.165) is 0 Å². The van der Waals surface area contributed by atoms with Crippen LogP contribution in [0.1, 0.15) is 26.3 Å². The highest BCUT2D eigenvalue weighted by Gasteiger charge is 2.17. The molecule has 0 aliphatic rings. The summed E-state index contributed by atoms with van der Waals surface area (Å²) in [6.45, 7) is 5.54. The molecule has 0 aliphatic heterocycles. The molecular formula is C24H26N4O6. The normalized spacial score (nSPS) is 10.8. The molecule has 0 aliphatic carbocycles. The zero-order valence-electron chi connectivity index (χ0n) is 19.3. The number of alkyl carbamates (subject to hydrolysis) is 1. The molecule has 0 bridgehead atoms. The molecule has 1 heterocycles. The first-order chi connectivity index (χ1) is 16.1. The van der Waals surface area contributed by atoms with Crippen LogP contribution < -0.4 is 20.7 Å². The van der Waals surface area contributed by atoms with Gasteiger partial charge in [-0.15, -0.1) is 0 Å². The molecule has 0 spiro atoms. The summed E-state index contributed by atoms with van der Waals surface area (Å²) >= 11 is 0. The number of aromatic nitrogens is 1. The van der Waals surface area contributed by atoms with Gasteiger partial charge in [0.25, 0.3) is 0 Å². The molecule has 0 atom stereocenters. The average molecular weight is 466 g/mol. The zero-order valence-corrected chi connectivity index (χ0v) is 19.3. The maximum absolute atomic E-state index is 12.4. The second-order valence-corrected chi connectivity index (χ2v) is 8.34. The van der Waals surface area contributed by atoms with Gasteiger partial charge in [0.15, 0.2) is 5.76 Å². The van der Waals surface area contributed by atoms with Crippen molar-refractivity contribution in [1.82, 2.24) is 10.3 Å². The Morgan fingerprint density at radius 3 is 2.24 bits per heavy atom. The fourth-order valence-electron chi connectivity index (χ4n) is 2.84. The maximum Gasteiger partial charge on any atom is 0.407 e. The van der Waals surface area contributed by atoms with Crippen molar-refractivity contribution in [2.75, 3.05) is 17.7 Å². The Morgan fingerprint density at radius 2 is 1.62 bits per heavy atom. The number of anilines is 2. The highest BCUT2D eigenvalue weighted by atomic mass is 16.6. The smallest absolute Gasteiger partial charge is 0.407 e. The van der Waals surface area contributed by atoms with Gasteiger partial charge in [0.1, 0.15) is 6.61 Å². The zero-order chi connectivity index (χ0) is 24.7. The fourth-order valence-corrected chi connectivity index (χ4v) is 2.84. The Balaban J connectivity index is 1.58. The van der Waals surface area contributed by atoms with Crippen LogP contribution >= 0.6 is 0 Å². The Labute approximate surface area is 196 Å². The van der Waals surface area contributed by atoms with E-state index in [1.807, 2.05) is 20.8 Å². The van der Waals surface area contributed by atoms with Gasteiger partial charge >= 0.3 is 24.0 Å². The third-order valence-electron chi connectivity index (χ3n) is 4.30. The molecule has 10 heteroatoms. The number of amides is 3. The lowest BCUT2D eigenvalue weighted by molar-refractivity contribution is -0.132. The van der Waals surface area contributed by atoms with Crippen molar-refractivity contribution in [1.29, 1.82) is 0 Å². The van der Waals surface area contributed by atoms with Crippen LogP contribution in [0.25, 0.3) is 11.3 Å². The van der Waals surface area contributed by atoms with Crippen molar-refractivity contribution in [2.45, 2.75) is 32.9 Å². The van der Waals surface area contributed by atoms with Crippen molar-refractivity contribution in [3.63, 3.8) is 0 Å². The number of nitrogens with one attached hydrogen (secondary N) is 3. The number of nitrogens with zero attached hydrogens (tertiary/aromatic N) is 1. The molecule has 0 saturated carbocycles. The largest absolute Gasteiger partial charge is 0.454 e. The number of ether oxygens (including phenoxy) is 2. The molecule has 1 aromatic heterocycles. The Kier molecular flexibility index (Phi) is 7.52. The van der Waals surface area contributed by atoms with Crippen molar-refractivity contribution < 1.29 is 28.3 Å². The second-order valence-electron chi connectivity index (χ2n) is 8.34. The minimum atomic E-state index is -0.852. The molecule has 178 valence electrons. The molecule has 3 N–H and O–H groups in total. The van der Waals surface area contributed by atoms with Gasteiger partial charge in [0.2, 0.25) is 0 Å². The predicted molar refractivity (Wildman–Crippen MR) is 125 cm³/mol. The average Bonchev–Trinajstić information content (AvgIpc) is 3.26. The SMILES string of the molecule is COc1ncc(-c2cccc(NC(=O)C(=O)Nc3cccc(COC(=O)NC(C)(C)C)c3)c2)o1. The van der Waals surface area contributed by atoms with E-state index in [9.17, 15) is 14.4 Å². The number of carbonyl (C=O) groups excluding carboxylic acids is 3. The van der Waals surface area contributed by atoms with Crippen molar-refractivity contribution in [3.8, 4) is 17.4 Å². The number of rotatable bonds is 6. The first kappa shape index (κ1) is 24.3. The van der Waals surface area contributed by atoms with Gasteiger partial charge in [-0.25, -0.2) is 4.79 Å². The molecule has 3 aromatic rings. The summed E-state index contributed by atoms with van der Waals surface area (Å²) in [5.74, 6) is -1.25. The van der Waals surface area contributed by atoms with Crippen molar-refractivity contribution >= 4 is 29.3 Å². The predicted octanol–water partition coefficient (Wildman–Crippen LogP) is 3.95. The summed E-state index contributed by atoms with van der Waals surface area (Å²) in [4.78, 5) is 40.5. The summed E-state index contributed by atoms with van der Waals surface area (Å²) in [6.07, 6.45) is 1.06. The Bertz CT molecular complexity index is 1180. The van der Waals surface area contributed by atoms with E-state index in [0.29, 0.717) is 28.3 Å². The minimum Gasteiger partial charge on any atom is -0.454 e. The third-order valence-corrected chi connectivity index (χ3v) is 4.30. The van der Waals surface area contributed by atoms with E-state index in [-0.39, 0.29) is 12.7 Å². The number of oxazole rings is 1. The van der Waals surface area contributed by atoms with Gasteiger partial charge in [-0.05, 0) is 50.6 Å². The maximum atomic E-state index is 12.4. The highest BCUT2D eigenvalue weighted by molar-refractivity contribution is 6.43. The van der Waals surface area contributed by atoms with Gasteiger partial charge in [0, 0.05) is 22.5 Å². The first-order valence-electron chi connectivity index (χ1n) is 10.4. The minimum absolute atomic E-state index is 0.0109. The van der Waals surface area contributed by atoms with Crippen LogP contribution in [-0.2, 0) is 20.9 Å². The lowest BCUT2D eigenvalue weighted by Gasteiger charge is -2.20. The van der Waals surface area contributed by atoms with E-state index in [4.69, 9.17) is 13.9 Å². The Hall–Kier alpha value is -4.34. The standard InChI is InChI=1S/C24H26N4O6/c1-24(2,3)28-22(31)33-14-15-7-5-9-17(11-15)26-20(29)21(30)27-18-10-6-8-16(12-18)19-13-25-23(32-4)34-19/h5-13H,14H2,1-4H3,(H,26,29)(H,27,30)(H,28,31). The number of benzene rings is 2. The van der Waals surface area contributed by atoms with Gasteiger partial charge in [-0.1, -0.05) is 24.3 Å². The summed E-state index contributed by atoms with van der Waals surface area (Å²) in [6, 6.07) is 13.4. The quantitative estimate of drug-likeness (QED) is 0.469. The molecule has 0 unspecified atom stereocenters. The van der Waals surface area contributed by atoms with Crippen LogP contribution in [-0.4, -0.2) is 35.5 Å². The van der Waals surface area contributed by atoms with Crippen LogP contribution in [0.5, 0.6) is 6.08 Å². The number of methoxy groups -OCH3 is 1.